The van der Waals surface area contributed by atoms with Crippen LogP contribution in [-0.4, -0.2) is 23.5 Å². The Morgan fingerprint density at radius 3 is 2.62 bits per heavy atom. The Bertz CT molecular complexity index is 484. The second-order valence-electron chi connectivity index (χ2n) is 5.28. The summed E-state index contributed by atoms with van der Waals surface area (Å²) in [6, 6.07) is 7.73. The summed E-state index contributed by atoms with van der Waals surface area (Å²) in [5.41, 5.74) is 0.723. The molecule has 0 atom stereocenters. The molecule has 5 heteroatoms. The molecule has 0 unspecified atom stereocenters. The highest BCUT2D eigenvalue weighted by Crippen LogP contribution is 2.18. The third kappa shape index (κ3) is 5.01. The normalized spacial score (nSPS) is 14.1. The quantitative estimate of drug-likeness (QED) is 0.625. The maximum absolute atomic E-state index is 11.9. The van der Waals surface area contributed by atoms with E-state index in [1.165, 1.54) is 6.42 Å². The van der Waals surface area contributed by atoms with E-state index in [-0.39, 0.29) is 10.9 Å². The van der Waals surface area contributed by atoms with Gasteiger partial charge in [-0.2, -0.15) is 0 Å². The van der Waals surface area contributed by atoms with Crippen LogP contribution in [0.25, 0.3) is 0 Å². The average Bonchev–Trinajstić information content (AvgIpc) is 2.44. The molecule has 1 aromatic rings. The van der Waals surface area contributed by atoms with Crippen molar-refractivity contribution >= 4 is 28.8 Å². The number of anilines is 1. The van der Waals surface area contributed by atoms with Gasteiger partial charge in [0.05, 0.1) is 6.61 Å². The minimum Gasteiger partial charge on any atom is -0.494 e. The third-order valence-corrected chi connectivity index (χ3v) is 3.83. The summed E-state index contributed by atoms with van der Waals surface area (Å²) in [6.07, 6.45) is 5.55. The smallest absolute Gasteiger partial charge is 0.283 e. The standard InChI is InChI=1S/C16H22N2O2S/c1-2-3-11-20-14-9-7-13(8-10-14)17-15(19)16(21)18-12-5-4-6-12/h7-10,12H,2-6,11H2,1H3,(H,17,19)(H,18,21). The Hall–Kier alpha value is -1.62. The van der Waals surface area contributed by atoms with Crippen LogP contribution in [0.15, 0.2) is 24.3 Å². The van der Waals surface area contributed by atoms with Gasteiger partial charge >= 0.3 is 0 Å². The maximum atomic E-state index is 11.9. The molecule has 1 aliphatic carbocycles. The van der Waals surface area contributed by atoms with Crippen molar-refractivity contribution in [1.82, 2.24) is 5.32 Å². The van der Waals surface area contributed by atoms with Gasteiger partial charge in [0.25, 0.3) is 5.91 Å². The monoisotopic (exact) mass is 306 g/mol. The molecule has 1 fully saturated rings. The molecule has 2 N–H and O–H groups in total. The molecule has 0 saturated heterocycles. The molecular weight excluding hydrogens is 284 g/mol. The molecule has 0 spiro atoms. The van der Waals surface area contributed by atoms with Crippen molar-refractivity contribution in [2.45, 2.75) is 45.1 Å². The fourth-order valence-electron chi connectivity index (χ4n) is 1.96. The first-order valence-electron chi connectivity index (χ1n) is 7.53. The number of rotatable bonds is 6. The van der Waals surface area contributed by atoms with Crippen molar-refractivity contribution in [2.75, 3.05) is 11.9 Å². The minimum absolute atomic E-state index is 0.253. The number of benzene rings is 1. The molecule has 0 aromatic heterocycles. The highest BCUT2D eigenvalue weighted by molar-refractivity contribution is 7.82. The van der Waals surface area contributed by atoms with E-state index in [1.807, 2.05) is 24.3 Å². The van der Waals surface area contributed by atoms with Crippen molar-refractivity contribution in [1.29, 1.82) is 0 Å². The van der Waals surface area contributed by atoms with Crippen molar-refractivity contribution in [3.63, 3.8) is 0 Å². The maximum Gasteiger partial charge on any atom is 0.283 e. The van der Waals surface area contributed by atoms with E-state index < -0.39 is 0 Å². The van der Waals surface area contributed by atoms with Gasteiger partial charge in [-0.05, 0) is 49.9 Å². The summed E-state index contributed by atoms with van der Waals surface area (Å²) in [6.45, 7) is 2.85. The lowest BCUT2D eigenvalue weighted by molar-refractivity contribution is -0.110. The molecule has 1 saturated carbocycles. The van der Waals surface area contributed by atoms with Crippen LogP contribution >= 0.6 is 12.2 Å². The van der Waals surface area contributed by atoms with E-state index >= 15 is 0 Å². The Kier molecular flexibility index (Phi) is 5.99. The number of nitrogens with one attached hydrogen (secondary N) is 2. The number of thiocarbonyl (C=S) groups is 1. The van der Waals surface area contributed by atoms with Crippen molar-refractivity contribution in [2.24, 2.45) is 0 Å². The second kappa shape index (κ2) is 7.98. The number of amides is 1. The third-order valence-electron chi connectivity index (χ3n) is 3.53. The van der Waals surface area contributed by atoms with Crippen LogP contribution in [0.4, 0.5) is 5.69 Å². The topological polar surface area (TPSA) is 50.4 Å². The van der Waals surface area contributed by atoms with Crippen LogP contribution in [-0.2, 0) is 4.79 Å². The first-order chi connectivity index (χ1) is 10.2. The Labute approximate surface area is 131 Å². The van der Waals surface area contributed by atoms with Crippen LogP contribution in [0.5, 0.6) is 5.75 Å². The van der Waals surface area contributed by atoms with E-state index in [2.05, 4.69) is 17.6 Å². The highest BCUT2D eigenvalue weighted by atomic mass is 32.1. The van der Waals surface area contributed by atoms with Crippen molar-refractivity contribution in [3.8, 4) is 5.75 Å². The molecule has 1 aromatic carbocycles. The van der Waals surface area contributed by atoms with Gasteiger partial charge in [0.15, 0.2) is 4.99 Å². The molecule has 1 aliphatic rings. The molecular formula is C16H22N2O2S. The first kappa shape index (κ1) is 15.8. The average molecular weight is 306 g/mol. The zero-order valence-electron chi connectivity index (χ0n) is 12.4. The fourth-order valence-corrected chi connectivity index (χ4v) is 2.18. The number of carbonyl (C=O) groups is 1. The van der Waals surface area contributed by atoms with Gasteiger partial charge in [-0.25, -0.2) is 0 Å². The Balaban J connectivity index is 1.78. The molecule has 1 amide bonds. The second-order valence-corrected chi connectivity index (χ2v) is 5.69. The molecule has 114 valence electrons. The van der Waals surface area contributed by atoms with Gasteiger partial charge in [-0.1, -0.05) is 25.6 Å². The van der Waals surface area contributed by atoms with Gasteiger partial charge in [-0.3, -0.25) is 4.79 Å². The lowest BCUT2D eigenvalue weighted by Crippen LogP contribution is -2.43. The number of ether oxygens (including phenoxy) is 1. The van der Waals surface area contributed by atoms with Crippen molar-refractivity contribution in [3.05, 3.63) is 24.3 Å². The van der Waals surface area contributed by atoms with Gasteiger partial charge < -0.3 is 15.4 Å². The van der Waals surface area contributed by atoms with Crippen LogP contribution in [0.2, 0.25) is 0 Å². The molecule has 0 bridgehead atoms. The zero-order chi connectivity index (χ0) is 15.1. The lowest BCUT2D eigenvalue weighted by atomic mass is 9.93. The summed E-state index contributed by atoms with van der Waals surface area (Å²) in [7, 11) is 0. The highest BCUT2D eigenvalue weighted by Gasteiger charge is 2.20. The van der Waals surface area contributed by atoms with E-state index in [1.54, 1.807) is 0 Å². The lowest BCUT2D eigenvalue weighted by Gasteiger charge is -2.27. The first-order valence-corrected chi connectivity index (χ1v) is 7.94. The number of hydrogen-bond acceptors (Lipinski definition) is 3. The van der Waals surface area contributed by atoms with Gasteiger partial charge in [0, 0.05) is 11.7 Å². The van der Waals surface area contributed by atoms with E-state index in [0.29, 0.717) is 6.04 Å². The molecule has 0 heterocycles. The molecule has 4 nitrogen and oxygen atoms in total. The van der Waals surface area contributed by atoms with Crippen LogP contribution in [0, 0.1) is 0 Å². The predicted molar refractivity (Wildman–Crippen MR) is 88.8 cm³/mol. The van der Waals surface area contributed by atoms with Crippen molar-refractivity contribution < 1.29 is 9.53 Å². The number of carbonyl (C=O) groups excluding carboxylic acids is 1. The van der Waals surface area contributed by atoms with E-state index in [0.717, 1.165) is 43.7 Å². The van der Waals surface area contributed by atoms with Gasteiger partial charge in [0.2, 0.25) is 0 Å². The summed E-state index contributed by atoms with van der Waals surface area (Å²) in [5, 5.41) is 5.87. The number of unbranched alkanes of at least 4 members (excludes halogenated alkanes) is 1. The van der Waals surface area contributed by atoms with E-state index in [4.69, 9.17) is 17.0 Å². The molecule has 0 aliphatic heterocycles. The van der Waals surface area contributed by atoms with Gasteiger partial charge in [0.1, 0.15) is 5.75 Å². The van der Waals surface area contributed by atoms with Crippen LogP contribution in [0.3, 0.4) is 0 Å². The Morgan fingerprint density at radius 1 is 1.33 bits per heavy atom. The minimum atomic E-state index is -0.253. The largest absolute Gasteiger partial charge is 0.494 e. The van der Waals surface area contributed by atoms with E-state index in [9.17, 15) is 4.79 Å². The molecule has 0 radical (unpaired) electrons. The molecule has 21 heavy (non-hydrogen) atoms. The van der Waals surface area contributed by atoms with Crippen LogP contribution in [0.1, 0.15) is 39.0 Å². The zero-order valence-corrected chi connectivity index (χ0v) is 13.2. The summed E-state index contributed by atoms with van der Waals surface area (Å²) in [5.74, 6) is 0.563. The van der Waals surface area contributed by atoms with Crippen LogP contribution < -0.4 is 15.4 Å². The Morgan fingerprint density at radius 2 is 2.05 bits per heavy atom. The predicted octanol–water partition coefficient (Wildman–Crippen LogP) is 3.27. The molecule has 2 rings (SSSR count). The fraction of sp³-hybridized carbons (Fsp3) is 0.500. The summed E-state index contributed by atoms with van der Waals surface area (Å²) >= 11 is 5.10. The number of hydrogen-bond donors (Lipinski definition) is 2. The summed E-state index contributed by atoms with van der Waals surface area (Å²) < 4.78 is 5.58. The summed E-state index contributed by atoms with van der Waals surface area (Å²) in [4.78, 5) is 12.2. The van der Waals surface area contributed by atoms with Gasteiger partial charge in [-0.15, -0.1) is 0 Å². The SMILES string of the molecule is CCCCOc1ccc(NC(=O)C(=S)NC2CCC2)cc1.